The lowest BCUT2D eigenvalue weighted by molar-refractivity contribution is 0.0839. The highest BCUT2D eigenvalue weighted by atomic mass is 32.2. The van der Waals surface area contributed by atoms with Gasteiger partial charge in [-0.15, -0.1) is 11.8 Å². The summed E-state index contributed by atoms with van der Waals surface area (Å²) in [5, 5.41) is 11.7. The standard InChI is InChI=1S/C12H17NO3S/c1-16-8-10(7-14)13-12(15)9-3-5-11(17-2)6-4-9/h3-6,10,14H,7-8H2,1-2H3,(H,13,15). The van der Waals surface area contributed by atoms with Crippen molar-refractivity contribution < 1.29 is 14.6 Å². The maximum Gasteiger partial charge on any atom is 0.251 e. The Bertz CT molecular complexity index is 353. The Kier molecular flexibility index (Phi) is 6.04. The molecule has 0 saturated carbocycles. The highest BCUT2D eigenvalue weighted by Gasteiger charge is 2.12. The number of carbonyl (C=O) groups excluding carboxylic acids is 1. The summed E-state index contributed by atoms with van der Waals surface area (Å²) in [6, 6.07) is 6.95. The smallest absolute Gasteiger partial charge is 0.251 e. The normalized spacial score (nSPS) is 12.2. The number of benzene rings is 1. The van der Waals surface area contributed by atoms with Crippen molar-refractivity contribution in [2.45, 2.75) is 10.9 Å². The molecular weight excluding hydrogens is 238 g/mol. The van der Waals surface area contributed by atoms with Crippen molar-refractivity contribution in [2.75, 3.05) is 26.6 Å². The molecule has 1 aromatic rings. The molecule has 5 heteroatoms. The third-order valence-corrected chi connectivity index (χ3v) is 3.02. The first-order valence-electron chi connectivity index (χ1n) is 5.26. The molecule has 0 heterocycles. The van der Waals surface area contributed by atoms with Gasteiger partial charge in [0.05, 0.1) is 19.3 Å². The lowest BCUT2D eigenvalue weighted by Crippen LogP contribution is -2.40. The Balaban J connectivity index is 2.62. The number of methoxy groups -OCH3 is 1. The van der Waals surface area contributed by atoms with Crippen molar-refractivity contribution in [3.63, 3.8) is 0 Å². The fraction of sp³-hybridized carbons (Fsp3) is 0.417. The van der Waals surface area contributed by atoms with E-state index in [0.717, 1.165) is 4.90 Å². The molecule has 1 unspecified atom stereocenters. The molecule has 0 aromatic heterocycles. The van der Waals surface area contributed by atoms with Crippen molar-refractivity contribution in [3.05, 3.63) is 29.8 Å². The van der Waals surface area contributed by atoms with Gasteiger partial charge in [-0.2, -0.15) is 0 Å². The van der Waals surface area contributed by atoms with Gasteiger partial charge in [0, 0.05) is 17.6 Å². The van der Waals surface area contributed by atoms with Crippen LogP contribution < -0.4 is 5.32 Å². The van der Waals surface area contributed by atoms with E-state index in [4.69, 9.17) is 9.84 Å². The second kappa shape index (κ2) is 7.32. The van der Waals surface area contributed by atoms with Gasteiger partial charge in [-0.3, -0.25) is 4.79 Å². The van der Waals surface area contributed by atoms with Gasteiger partial charge in [-0.25, -0.2) is 0 Å². The molecule has 0 aliphatic rings. The summed E-state index contributed by atoms with van der Waals surface area (Å²) in [7, 11) is 1.53. The first kappa shape index (κ1) is 14.0. The van der Waals surface area contributed by atoms with E-state index in [9.17, 15) is 4.79 Å². The van der Waals surface area contributed by atoms with E-state index in [1.807, 2.05) is 18.4 Å². The van der Waals surface area contributed by atoms with E-state index < -0.39 is 0 Å². The molecule has 17 heavy (non-hydrogen) atoms. The number of nitrogens with one attached hydrogen (secondary N) is 1. The second-order valence-electron chi connectivity index (χ2n) is 3.54. The van der Waals surface area contributed by atoms with Crippen LogP contribution in [0.5, 0.6) is 0 Å². The van der Waals surface area contributed by atoms with E-state index in [1.54, 1.807) is 23.9 Å². The largest absolute Gasteiger partial charge is 0.394 e. The summed E-state index contributed by atoms with van der Waals surface area (Å²) in [6.45, 7) is 0.160. The maximum absolute atomic E-state index is 11.8. The Morgan fingerprint density at radius 2 is 2.12 bits per heavy atom. The first-order chi connectivity index (χ1) is 8.21. The topological polar surface area (TPSA) is 58.6 Å². The van der Waals surface area contributed by atoms with E-state index in [2.05, 4.69) is 5.32 Å². The third-order valence-electron chi connectivity index (χ3n) is 2.28. The molecule has 1 atom stereocenters. The van der Waals surface area contributed by atoms with E-state index >= 15 is 0 Å². The van der Waals surface area contributed by atoms with Gasteiger partial charge in [0.1, 0.15) is 0 Å². The van der Waals surface area contributed by atoms with Crippen molar-refractivity contribution >= 4 is 17.7 Å². The predicted molar refractivity (Wildman–Crippen MR) is 68.4 cm³/mol. The Morgan fingerprint density at radius 3 is 2.59 bits per heavy atom. The molecule has 1 aromatic carbocycles. The fourth-order valence-electron chi connectivity index (χ4n) is 1.35. The van der Waals surface area contributed by atoms with Gasteiger partial charge < -0.3 is 15.2 Å². The number of hydrogen-bond acceptors (Lipinski definition) is 4. The monoisotopic (exact) mass is 255 g/mol. The molecule has 0 saturated heterocycles. The van der Waals surface area contributed by atoms with Crippen LogP contribution in [0, 0.1) is 0 Å². The van der Waals surface area contributed by atoms with Gasteiger partial charge >= 0.3 is 0 Å². The van der Waals surface area contributed by atoms with E-state index in [1.165, 1.54) is 7.11 Å². The summed E-state index contributed by atoms with van der Waals surface area (Å²) in [4.78, 5) is 12.9. The molecule has 2 N–H and O–H groups in total. The number of aliphatic hydroxyl groups excluding tert-OH is 1. The molecule has 94 valence electrons. The Morgan fingerprint density at radius 1 is 1.47 bits per heavy atom. The van der Waals surface area contributed by atoms with Crippen molar-refractivity contribution in [3.8, 4) is 0 Å². The summed E-state index contributed by atoms with van der Waals surface area (Å²) in [5.74, 6) is -0.200. The zero-order chi connectivity index (χ0) is 12.7. The van der Waals surface area contributed by atoms with Crippen LogP contribution in [-0.4, -0.2) is 43.6 Å². The number of ether oxygens (including phenoxy) is 1. The maximum atomic E-state index is 11.8. The van der Waals surface area contributed by atoms with Crippen LogP contribution in [0.2, 0.25) is 0 Å². The number of amides is 1. The molecule has 0 aliphatic heterocycles. The zero-order valence-corrected chi connectivity index (χ0v) is 10.8. The zero-order valence-electron chi connectivity index (χ0n) is 9.97. The lowest BCUT2D eigenvalue weighted by Gasteiger charge is -2.15. The second-order valence-corrected chi connectivity index (χ2v) is 4.42. The summed E-state index contributed by atoms with van der Waals surface area (Å²) in [5.41, 5.74) is 0.581. The van der Waals surface area contributed by atoms with Crippen molar-refractivity contribution in [1.29, 1.82) is 0 Å². The quantitative estimate of drug-likeness (QED) is 0.749. The summed E-state index contributed by atoms with van der Waals surface area (Å²) >= 11 is 1.62. The van der Waals surface area contributed by atoms with Gasteiger partial charge in [0.15, 0.2) is 0 Å². The first-order valence-corrected chi connectivity index (χ1v) is 6.48. The Labute approximate surface area is 105 Å². The lowest BCUT2D eigenvalue weighted by atomic mass is 10.2. The minimum Gasteiger partial charge on any atom is -0.394 e. The molecule has 4 nitrogen and oxygen atoms in total. The SMILES string of the molecule is COCC(CO)NC(=O)c1ccc(SC)cc1. The van der Waals surface area contributed by atoms with Crippen LogP contribution in [0.4, 0.5) is 0 Å². The number of thioether (sulfide) groups is 1. The van der Waals surface area contributed by atoms with Gasteiger partial charge in [-0.1, -0.05) is 0 Å². The molecule has 0 spiro atoms. The average molecular weight is 255 g/mol. The minimum absolute atomic E-state index is 0.136. The number of aliphatic hydroxyl groups is 1. The molecule has 0 radical (unpaired) electrons. The molecule has 0 fully saturated rings. The van der Waals surface area contributed by atoms with Crippen LogP contribution in [0.1, 0.15) is 10.4 Å². The number of hydrogen-bond donors (Lipinski definition) is 2. The van der Waals surface area contributed by atoms with Crippen LogP contribution in [0.15, 0.2) is 29.2 Å². The third kappa shape index (κ3) is 4.38. The predicted octanol–water partition coefficient (Wildman–Crippen LogP) is 1.15. The minimum atomic E-state index is -0.368. The summed E-state index contributed by atoms with van der Waals surface area (Å²) < 4.78 is 4.89. The Hall–Kier alpha value is -1.04. The molecule has 1 amide bonds. The van der Waals surface area contributed by atoms with Crippen LogP contribution in [-0.2, 0) is 4.74 Å². The highest BCUT2D eigenvalue weighted by Crippen LogP contribution is 2.14. The number of rotatable bonds is 6. The highest BCUT2D eigenvalue weighted by molar-refractivity contribution is 7.98. The van der Waals surface area contributed by atoms with E-state index in [0.29, 0.717) is 12.2 Å². The van der Waals surface area contributed by atoms with Crippen LogP contribution in [0.3, 0.4) is 0 Å². The average Bonchev–Trinajstić information content (AvgIpc) is 2.38. The van der Waals surface area contributed by atoms with E-state index in [-0.39, 0.29) is 18.6 Å². The van der Waals surface area contributed by atoms with Crippen molar-refractivity contribution in [1.82, 2.24) is 5.32 Å². The van der Waals surface area contributed by atoms with Crippen LogP contribution >= 0.6 is 11.8 Å². The summed E-state index contributed by atoms with van der Waals surface area (Å²) in [6.07, 6.45) is 1.98. The molecule has 0 bridgehead atoms. The fourth-order valence-corrected chi connectivity index (χ4v) is 1.76. The van der Waals surface area contributed by atoms with Crippen LogP contribution in [0.25, 0.3) is 0 Å². The van der Waals surface area contributed by atoms with Crippen molar-refractivity contribution in [2.24, 2.45) is 0 Å². The molecule has 0 aliphatic carbocycles. The number of carbonyl (C=O) groups is 1. The van der Waals surface area contributed by atoms with Gasteiger partial charge in [0.25, 0.3) is 5.91 Å². The molecular formula is C12H17NO3S. The van der Waals surface area contributed by atoms with Gasteiger partial charge in [0.2, 0.25) is 0 Å². The molecule has 1 rings (SSSR count). The van der Waals surface area contributed by atoms with Gasteiger partial charge in [-0.05, 0) is 30.5 Å².